The van der Waals surface area contributed by atoms with Crippen LogP contribution in [0.15, 0.2) is 53.5 Å². The van der Waals surface area contributed by atoms with Crippen molar-refractivity contribution in [3.63, 3.8) is 0 Å². The van der Waals surface area contributed by atoms with Gasteiger partial charge in [0.05, 0.1) is 20.8 Å². The van der Waals surface area contributed by atoms with Gasteiger partial charge in [-0.15, -0.1) is 0 Å². The summed E-state index contributed by atoms with van der Waals surface area (Å²) < 4.78 is 10.3. The van der Waals surface area contributed by atoms with E-state index in [9.17, 15) is 0 Å². The number of nitrogens with zero attached hydrogens (tertiary/aromatic N) is 1. The molecule has 5 nitrogen and oxygen atoms in total. The highest BCUT2D eigenvalue weighted by molar-refractivity contribution is 5.92. The minimum absolute atomic E-state index is 0.353. The molecule has 0 amide bonds. The Morgan fingerprint density at radius 1 is 1.05 bits per heavy atom. The van der Waals surface area contributed by atoms with Crippen LogP contribution in [0.1, 0.15) is 5.56 Å². The van der Waals surface area contributed by atoms with E-state index in [1.54, 1.807) is 14.2 Å². The van der Waals surface area contributed by atoms with E-state index in [0.717, 1.165) is 22.7 Å². The van der Waals surface area contributed by atoms with Crippen molar-refractivity contribution in [3.8, 4) is 11.5 Å². The lowest BCUT2D eigenvalue weighted by molar-refractivity contribution is 0.414. The molecule has 21 heavy (non-hydrogen) atoms. The van der Waals surface area contributed by atoms with E-state index < -0.39 is 0 Å². The van der Waals surface area contributed by atoms with Crippen LogP contribution in [0.4, 0.5) is 5.69 Å². The van der Waals surface area contributed by atoms with Crippen molar-refractivity contribution in [2.24, 2.45) is 10.7 Å². The maximum atomic E-state index is 5.88. The average Bonchev–Trinajstić information content (AvgIpc) is 2.53. The van der Waals surface area contributed by atoms with Gasteiger partial charge in [-0.05, 0) is 29.8 Å². The van der Waals surface area contributed by atoms with Gasteiger partial charge in [0.25, 0.3) is 0 Å². The van der Waals surface area contributed by atoms with Crippen molar-refractivity contribution < 1.29 is 9.47 Å². The predicted molar refractivity (Wildman–Crippen MR) is 84.9 cm³/mol. The summed E-state index contributed by atoms with van der Waals surface area (Å²) in [5.41, 5.74) is 7.75. The van der Waals surface area contributed by atoms with Gasteiger partial charge < -0.3 is 20.5 Å². The highest BCUT2D eigenvalue weighted by atomic mass is 16.5. The van der Waals surface area contributed by atoms with Gasteiger partial charge >= 0.3 is 0 Å². The molecule has 0 bridgehead atoms. The second-order valence-electron chi connectivity index (χ2n) is 4.41. The van der Waals surface area contributed by atoms with E-state index in [1.165, 1.54) is 0 Å². The fourth-order valence-electron chi connectivity index (χ4n) is 1.84. The summed E-state index contributed by atoms with van der Waals surface area (Å²) in [7, 11) is 3.26. The molecule has 0 atom stereocenters. The highest BCUT2D eigenvalue weighted by Gasteiger charge is 1.99. The van der Waals surface area contributed by atoms with Crippen molar-refractivity contribution in [1.29, 1.82) is 0 Å². The van der Waals surface area contributed by atoms with E-state index in [1.807, 2.05) is 48.5 Å². The molecule has 0 aliphatic heterocycles. The first-order valence-electron chi connectivity index (χ1n) is 6.55. The molecule has 0 spiro atoms. The number of guanidine groups is 1. The molecule has 0 unspecified atom stereocenters. The van der Waals surface area contributed by atoms with Crippen LogP contribution >= 0.6 is 0 Å². The zero-order valence-corrected chi connectivity index (χ0v) is 12.2. The molecule has 2 aromatic rings. The van der Waals surface area contributed by atoms with Crippen LogP contribution in [-0.2, 0) is 6.54 Å². The lowest BCUT2D eigenvalue weighted by Crippen LogP contribution is -2.22. The zero-order chi connectivity index (χ0) is 15.1. The Kier molecular flexibility index (Phi) is 5.04. The number of aliphatic imine (C=N–C) groups is 1. The second-order valence-corrected chi connectivity index (χ2v) is 4.41. The van der Waals surface area contributed by atoms with Gasteiger partial charge in [-0.2, -0.15) is 0 Å². The van der Waals surface area contributed by atoms with Crippen molar-refractivity contribution in [2.75, 3.05) is 19.5 Å². The van der Waals surface area contributed by atoms with Crippen LogP contribution in [0.2, 0.25) is 0 Å². The summed E-state index contributed by atoms with van der Waals surface area (Å²) in [5, 5.41) is 3.03. The fraction of sp³-hybridized carbons (Fsp3) is 0.188. The van der Waals surface area contributed by atoms with Crippen LogP contribution in [0, 0.1) is 0 Å². The van der Waals surface area contributed by atoms with Gasteiger partial charge in [0, 0.05) is 11.8 Å². The van der Waals surface area contributed by atoms with E-state index in [-0.39, 0.29) is 0 Å². The number of nitrogens with one attached hydrogen (secondary N) is 1. The number of benzene rings is 2. The molecule has 2 rings (SSSR count). The SMILES string of the molecule is COc1cccc(CN=C(N)Nc2cccc(OC)c2)c1. The Morgan fingerprint density at radius 2 is 1.71 bits per heavy atom. The molecule has 0 aliphatic rings. The summed E-state index contributed by atoms with van der Waals surface area (Å²) in [6, 6.07) is 15.2. The molecular weight excluding hydrogens is 266 g/mol. The Morgan fingerprint density at radius 3 is 2.43 bits per heavy atom. The van der Waals surface area contributed by atoms with Crippen molar-refractivity contribution >= 4 is 11.6 Å². The Hall–Kier alpha value is -2.69. The number of hydrogen-bond acceptors (Lipinski definition) is 3. The summed E-state index contributed by atoms with van der Waals surface area (Å²) >= 11 is 0. The minimum atomic E-state index is 0.353. The average molecular weight is 285 g/mol. The molecule has 0 radical (unpaired) electrons. The van der Waals surface area contributed by atoms with Gasteiger partial charge in [0.2, 0.25) is 0 Å². The van der Waals surface area contributed by atoms with Gasteiger partial charge in [0.15, 0.2) is 5.96 Å². The van der Waals surface area contributed by atoms with Gasteiger partial charge in [-0.1, -0.05) is 18.2 Å². The third-order valence-electron chi connectivity index (χ3n) is 2.91. The Labute approximate surface area is 124 Å². The first kappa shape index (κ1) is 14.7. The summed E-state index contributed by atoms with van der Waals surface area (Å²) in [4.78, 5) is 4.31. The lowest BCUT2D eigenvalue weighted by Gasteiger charge is -2.07. The second kappa shape index (κ2) is 7.19. The number of methoxy groups -OCH3 is 2. The molecule has 0 aliphatic carbocycles. The Balaban J connectivity index is 2.00. The molecule has 0 saturated heterocycles. The molecule has 110 valence electrons. The van der Waals surface area contributed by atoms with Crippen molar-refractivity contribution in [3.05, 3.63) is 54.1 Å². The highest BCUT2D eigenvalue weighted by Crippen LogP contribution is 2.16. The van der Waals surface area contributed by atoms with Crippen LogP contribution in [0.5, 0.6) is 11.5 Å². The van der Waals surface area contributed by atoms with E-state index in [0.29, 0.717) is 12.5 Å². The molecule has 0 fully saturated rings. The molecule has 3 N–H and O–H groups in total. The minimum Gasteiger partial charge on any atom is -0.497 e. The summed E-state index contributed by atoms with van der Waals surface area (Å²) in [6.45, 7) is 0.486. The van der Waals surface area contributed by atoms with Gasteiger partial charge in [-0.3, -0.25) is 0 Å². The third kappa shape index (κ3) is 4.42. The monoisotopic (exact) mass is 285 g/mol. The molecule has 0 aromatic heterocycles. The van der Waals surface area contributed by atoms with Crippen LogP contribution in [0.25, 0.3) is 0 Å². The fourth-order valence-corrected chi connectivity index (χ4v) is 1.84. The molecule has 0 heterocycles. The standard InChI is InChI=1S/C16H19N3O2/c1-20-14-7-3-5-12(9-14)11-18-16(17)19-13-6-4-8-15(10-13)21-2/h3-10H,11H2,1-2H3,(H3,17,18,19). The first-order chi connectivity index (χ1) is 10.2. The zero-order valence-electron chi connectivity index (χ0n) is 12.2. The molecule has 5 heteroatoms. The predicted octanol–water partition coefficient (Wildman–Crippen LogP) is 2.63. The largest absolute Gasteiger partial charge is 0.497 e. The number of nitrogens with two attached hydrogens (primary N) is 1. The Bertz CT molecular complexity index is 626. The van der Waals surface area contributed by atoms with E-state index in [4.69, 9.17) is 15.2 Å². The summed E-state index contributed by atoms with van der Waals surface area (Å²) in [6.07, 6.45) is 0. The maximum absolute atomic E-state index is 5.88. The third-order valence-corrected chi connectivity index (χ3v) is 2.91. The van der Waals surface area contributed by atoms with Gasteiger partial charge in [-0.25, -0.2) is 4.99 Å². The normalized spacial score (nSPS) is 11.0. The van der Waals surface area contributed by atoms with Crippen LogP contribution in [-0.4, -0.2) is 20.2 Å². The quantitative estimate of drug-likeness (QED) is 0.654. The van der Waals surface area contributed by atoms with Crippen molar-refractivity contribution in [1.82, 2.24) is 0 Å². The first-order valence-corrected chi connectivity index (χ1v) is 6.55. The molecule has 0 saturated carbocycles. The van der Waals surface area contributed by atoms with Crippen molar-refractivity contribution in [2.45, 2.75) is 6.54 Å². The number of ether oxygens (including phenoxy) is 2. The number of hydrogen-bond donors (Lipinski definition) is 2. The van der Waals surface area contributed by atoms with E-state index in [2.05, 4.69) is 10.3 Å². The van der Waals surface area contributed by atoms with Gasteiger partial charge in [0.1, 0.15) is 11.5 Å². The van der Waals surface area contributed by atoms with Crippen LogP contribution < -0.4 is 20.5 Å². The molecule has 2 aromatic carbocycles. The molecular formula is C16H19N3O2. The smallest absolute Gasteiger partial charge is 0.193 e. The van der Waals surface area contributed by atoms with Crippen LogP contribution in [0.3, 0.4) is 0 Å². The topological polar surface area (TPSA) is 68.9 Å². The number of anilines is 1. The van der Waals surface area contributed by atoms with E-state index >= 15 is 0 Å². The summed E-state index contributed by atoms with van der Waals surface area (Å²) in [5.74, 6) is 1.92. The lowest BCUT2D eigenvalue weighted by atomic mass is 10.2. The maximum Gasteiger partial charge on any atom is 0.193 e. The number of rotatable bonds is 5.